The molecule has 0 N–H and O–H groups in total. The Labute approximate surface area is 164 Å². The van der Waals surface area contributed by atoms with Crippen LogP contribution in [0.4, 0.5) is 26.3 Å². The topological polar surface area (TPSA) is 0 Å². The molecule has 3 aromatic carbocycles. The molecule has 0 bridgehead atoms. The van der Waals surface area contributed by atoms with E-state index in [1.165, 1.54) is 6.07 Å². The fraction of sp³-hybridized carbons (Fsp3) is 0.304. The van der Waals surface area contributed by atoms with Crippen LogP contribution in [0.2, 0.25) is 0 Å². The van der Waals surface area contributed by atoms with Crippen LogP contribution in [0, 0.1) is 40.8 Å². The minimum Gasteiger partial charge on any atom is -0.206 e. The van der Waals surface area contributed by atoms with Crippen LogP contribution in [-0.4, -0.2) is 0 Å². The van der Waals surface area contributed by atoms with E-state index in [-0.39, 0.29) is 11.3 Å². The average molecular weight is 408 g/mol. The molecule has 0 aromatic heterocycles. The first-order valence-electron chi connectivity index (χ1n) is 9.52. The molecule has 0 amide bonds. The maximum absolute atomic E-state index is 15.0. The summed E-state index contributed by atoms with van der Waals surface area (Å²) in [6.45, 7) is 2.16. The fourth-order valence-electron chi connectivity index (χ4n) is 4.23. The highest BCUT2D eigenvalue weighted by molar-refractivity contribution is 5.89. The monoisotopic (exact) mass is 408 g/mol. The molecule has 4 rings (SSSR count). The molecular weight excluding hydrogens is 390 g/mol. The van der Waals surface area contributed by atoms with Gasteiger partial charge in [-0.25, -0.2) is 26.3 Å². The summed E-state index contributed by atoms with van der Waals surface area (Å²) >= 11 is 0. The van der Waals surface area contributed by atoms with Crippen LogP contribution < -0.4 is 0 Å². The summed E-state index contributed by atoms with van der Waals surface area (Å²) in [6, 6.07) is 4.74. The van der Waals surface area contributed by atoms with Crippen LogP contribution in [-0.2, 0) is 0 Å². The fourth-order valence-corrected chi connectivity index (χ4v) is 4.23. The van der Waals surface area contributed by atoms with Gasteiger partial charge in [-0.05, 0) is 65.5 Å². The Kier molecular flexibility index (Phi) is 5.05. The van der Waals surface area contributed by atoms with E-state index in [0.29, 0.717) is 23.6 Å². The first-order valence-corrected chi connectivity index (χ1v) is 9.52. The van der Waals surface area contributed by atoms with Crippen LogP contribution in [0.25, 0.3) is 21.9 Å². The Balaban J connectivity index is 1.86. The van der Waals surface area contributed by atoms with Crippen LogP contribution in [0.15, 0.2) is 30.3 Å². The molecule has 0 heterocycles. The Morgan fingerprint density at radius 2 is 1.28 bits per heavy atom. The summed E-state index contributed by atoms with van der Waals surface area (Å²) in [5.41, 5.74) is -0.649. The number of rotatable bonds is 2. The van der Waals surface area contributed by atoms with Gasteiger partial charge in [0.05, 0.1) is 10.9 Å². The third kappa shape index (κ3) is 3.49. The van der Waals surface area contributed by atoms with E-state index in [9.17, 15) is 22.0 Å². The van der Waals surface area contributed by atoms with Gasteiger partial charge in [-0.15, -0.1) is 0 Å². The molecule has 3 aromatic rings. The van der Waals surface area contributed by atoms with Crippen LogP contribution >= 0.6 is 0 Å². The zero-order valence-corrected chi connectivity index (χ0v) is 15.6. The van der Waals surface area contributed by atoms with Crippen molar-refractivity contribution >= 4 is 10.8 Å². The van der Waals surface area contributed by atoms with Crippen LogP contribution in [0.1, 0.15) is 44.1 Å². The molecule has 1 aliphatic carbocycles. The van der Waals surface area contributed by atoms with Crippen molar-refractivity contribution in [3.63, 3.8) is 0 Å². The Bertz CT molecular complexity index is 1070. The minimum absolute atomic E-state index is 0.0421. The second-order valence-electron chi connectivity index (χ2n) is 7.86. The van der Waals surface area contributed by atoms with Crippen molar-refractivity contribution in [3.8, 4) is 11.1 Å². The zero-order chi connectivity index (χ0) is 20.9. The van der Waals surface area contributed by atoms with Gasteiger partial charge < -0.3 is 0 Å². The maximum atomic E-state index is 15.0. The summed E-state index contributed by atoms with van der Waals surface area (Å²) in [6.07, 6.45) is 3.77. The van der Waals surface area contributed by atoms with E-state index in [1.54, 1.807) is 6.07 Å². The molecule has 29 heavy (non-hydrogen) atoms. The number of hydrogen-bond acceptors (Lipinski definition) is 0. The van der Waals surface area contributed by atoms with Crippen molar-refractivity contribution in [1.29, 1.82) is 0 Å². The Morgan fingerprint density at radius 1 is 0.655 bits per heavy atom. The van der Waals surface area contributed by atoms with E-state index in [0.717, 1.165) is 31.7 Å². The summed E-state index contributed by atoms with van der Waals surface area (Å²) in [5, 5.41) is -0.417. The predicted octanol–water partition coefficient (Wildman–Crippen LogP) is 7.64. The number of benzene rings is 3. The van der Waals surface area contributed by atoms with Crippen molar-refractivity contribution in [1.82, 2.24) is 0 Å². The highest BCUT2D eigenvalue weighted by Crippen LogP contribution is 2.39. The normalized spacial score (nSPS) is 19.7. The van der Waals surface area contributed by atoms with E-state index >= 15 is 4.39 Å². The van der Waals surface area contributed by atoms with Crippen molar-refractivity contribution in [2.45, 2.75) is 38.5 Å². The molecule has 0 saturated heterocycles. The maximum Gasteiger partial charge on any atom is 0.194 e. The first kappa shape index (κ1) is 19.8. The lowest BCUT2D eigenvalue weighted by molar-refractivity contribution is 0.347. The van der Waals surface area contributed by atoms with E-state index < -0.39 is 51.4 Å². The van der Waals surface area contributed by atoms with Gasteiger partial charge in [0, 0.05) is 0 Å². The number of halogens is 6. The summed E-state index contributed by atoms with van der Waals surface area (Å²) in [5.74, 6) is -7.42. The molecule has 0 radical (unpaired) electrons. The van der Waals surface area contributed by atoms with Crippen molar-refractivity contribution < 1.29 is 26.3 Å². The van der Waals surface area contributed by atoms with Gasteiger partial charge in [-0.1, -0.05) is 25.8 Å². The molecule has 0 atom stereocenters. The van der Waals surface area contributed by atoms with Gasteiger partial charge in [-0.3, -0.25) is 0 Å². The van der Waals surface area contributed by atoms with Gasteiger partial charge in [0.15, 0.2) is 17.5 Å². The van der Waals surface area contributed by atoms with Crippen molar-refractivity contribution in [2.24, 2.45) is 5.92 Å². The van der Waals surface area contributed by atoms with Gasteiger partial charge in [0.2, 0.25) is 0 Å². The standard InChI is InChI=1S/C23H18F6/c1-11-2-4-12(5-3-11)13-6-14-8-17(25)21(23(29)20(14)16(24)7-13)15-9-18(26)22(28)19(27)10-15/h6-12H,2-5H2,1H3. The van der Waals surface area contributed by atoms with Crippen LogP contribution in [0.3, 0.4) is 0 Å². The molecule has 1 aliphatic rings. The second-order valence-corrected chi connectivity index (χ2v) is 7.86. The van der Waals surface area contributed by atoms with Gasteiger partial charge in [0.1, 0.15) is 17.5 Å². The van der Waals surface area contributed by atoms with Gasteiger partial charge in [-0.2, -0.15) is 0 Å². The van der Waals surface area contributed by atoms with Crippen molar-refractivity contribution in [2.75, 3.05) is 0 Å². The Hall–Kier alpha value is -2.50. The lowest BCUT2D eigenvalue weighted by atomic mass is 9.79. The molecule has 6 heteroatoms. The lowest BCUT2D eigenvalue weighted by Gasteiger charge is -2.26. The molecule has 1 saturated carbocycles. The number of fused-ring (bicyclic) bond motifs is 1. The molecule has 0 nitrogen and oxygen atoms in total. The highest BCUT2D eigenvalue weighted by atomic mass is 19.2. The first-order chi connectivity index (χ1) is 13.8. The molecular formula is C23H18F6. The smallest absolute Gasteiger partial charge is 0.194 e. The quantitative estimate of drug-likeness (QED) is 0.302. The third-order valence-corrected chi connectivity index (χ3v) is 5.86. The molecule has 1 fully saturated rings. The summed E-state index contributed by atoms with van der Waals surface area (Å²) in [7, 11) is 0. The third-order valence-electron chi connectivity index (χ3n) is 5.86. The minimum atomic E-state index is -1.74. The molecule has 152 valence electrons. The average Bonchev–Trinajstić information content (AvgIpc) is 2.65. The zero-order valence-electron chi connectivity index (χ0n) is 15.6. The van der Waals surface area contributed by atoms with E-state index in [4.69, 9.17) is 0 Å². The summed E-state index contributed by atoms with van der Waals surface area (Å²) < 4.78 is 84.8. The SMILES string of the molecule is CC1CCC(c2cc(F)c3c(F)c(-c4cc(F)c(F)c(F)c4)c(F)cc3c2)CC1. The lowest BCUT2D eigenvalue weighted by Crippen LogP contribution is -2.11. The second kappa shape index (κ2) is 7.39. The van der Waals surface area contributed by atoms with Gasteiger partial charge in [0.25, 0.3) is 0 Å². The largest absolute Gasteiger partial charge is 0.206 e. The molecule has 0 aliphatic heterocycles. The molecule has 0 spiro atoms. The molecule has 0 unspecified atom stereocenters. The Morgan fingerprint density at radius 3 is 1.90 bits per heavy atom. The number of hydrogen-bond donors (Lipinski definition) is 0. The highest BCUT2D eigenvalue weighted by Gasteiger charge is 2.24. The van der Waals surface area contributed by atoms with Gasteiger partial charge >= 0.3 is 0 Å². The van der Waals surface area contributed by atoms with E-state index in [1.807, 2.05) is 0 Å². The van der Waals surface area contributed by atoms with Crippen molar-refractivity contribution in [3.05, 3.63) is 70.8 Å². The predicted molar refractivity (Wildman–Crippen MR) is 99.5 cm³/mol. The summed E-state index contributed by atoms with van der Waals surface area (Å²) in [4.78, 5) is 0. The van der Waals surface area contributed by atoms with Crippen LogP contribution in [0.5, 0.6) is 0 Å². The van der Waals surface area contributed by atoms with E-state index in [2.05, 4.69) is 6.92 Å².